The van der Waals surface area contributed by atoms with E-state index in [0.29, 0.717) is 40.7 Å². The summed E-state index contributed by atoms with van der Waals surface area (Å²) in [5, 5.41) is 3.94. The van der Waals surface area contributed by atoms with Crippen LogP contribution in [0.2, 0.25) is 0 Å². The van der Waals surface area contributed by atoms with Crippen LogP contribution in [0.4, 0.5) is 5.82 Å². The third-order valence-corrected chi connectivity index (χ3v) is 4.37. The van der Waals surface area contributed by atoms with Gasteiger partial charge in [0.2, 0.25) is 5.71 Å². The Labute approximate surface area is 152 Å². The molecule has 8 heteroatoms. The maximum Gasteiger partial charge on any atom is 0.342 e. The third-order valence-electron chi connectivity index (χ3n) is 4.37. The Balaban J connectivity index is 1.74. The van der Waals surface area contributed by atoms with Gasteiger partial charge in [-0.1, -0.05) is 0 Å². The quantitative estimate of drug-likeness (QED) is 0.592. The van der Waals surface area contributed by atoms with Gasteiger partial charge in [0.15, 0.2) is 0 Å². The predicted molar refractivity (Wildman–Crippen MR) is 97.6 cm³/mol. The van der Waals surface area contributed by atoms with Gasteiger partial charge in [-0.05, 0) is 33.7 Å². The molecule has 0 radical (unpaired) electrons. The van der Waals surface area contributed by atoms with Gasteiger partial charge in [-0.25, -0.2) is 9.78 Å². The van der Waals surface area contributed by atoms with Crippen LogP contribution < -0.4 is 5.32 Å². The maximum atomic E-state index is 12.3. The number of carbonyl (C=O) groups is 1. The van der Waals surface area contributed by atoms with Gasteiger partial charge >= 0.3 is 5.97 Å². The van der Waals surface area contributed by atoms with E-state index in [4.69, 9.17) is 13.9 Å². The van der Waals surface area contributed by atoms with Gasteiger partial charge in [-0.3, -0.25) is 4.90 Å². The van der Waals surface area contributed by atoms with Gasteiger partial charge in [0.25, 0.3) is 0 Å². The van der Waals surface area contributed by atoms with Crippen molar-refractivity contribution < 1.29 is 18.7 Å². The Morgan fingerprint density at radius 1 is 1.27 bits per heavy atom. The second-order valence-electron chi connectivity index (χ2n) is 6.29. The molecular weight excluding hydrogens is 336 g/mol. The number of aryl methyl sites for hydroxylation is 2. The fourth-order valence-electron chi connectivity index (χ4n) is 3.13. The first-order valence-electron chi connectivity index (χ1n) is 9.09. The summed E-state index contributed by atoms with van der Waals surface area (Å²) < 4.78 is 16.2. The van der Waals surface area contributed by atoms with Crippen molar-refractivity contribution in [2.75, 3.05) is 51.3 Å². The molecule has 0 unspecified atom stereocenters. The predicted octanol–water partition coefficient (Wildman–Crippen LogP) is 2.15. The van der Waals surface area contributed by atoms with Crippen LogP contribution in [0, 0.1) is 13.8 Å². The highest BCUT2D eigenvalue weighted by Gasteiger charge is 2.24. The lowest BCUT2D eigenvalue weighted by atomic mass is 10.2. The molecule has 3 heterocycles. The van der Waals surface area contributed by atoms with Gasteiger partial charge in [-0.15, -0.1) is 0 Å². The largest absolute Gasteiger partial charge is 0.462 e. The number of ether oxygens (including phenoxy) is 2. The first-order chi connectivity index (χ1) is 12.6. The Morgan fingerprint density at radius 3 is 2.77 bits per heavy atom. The minimum atomic E-state index is -0.410. The number of nitrogens with one attached hydrogen (secondary N) is 1. The number of hydrogen-bond acceptors (Lipinski definition) is 8. The number of furan rings is 1. The molecule has 0 spiro atoms. The summed E-state index contributed by atoms with van der Waals surface area (Å²) in [7, 11) is 0. The number of fused-ring (bicyclic) bond motifs is 1. The van der Waals surface area contributed by atoms with Crippen LogP contribution in [-0.2, 0) is 9.47 Å². The molecule has 142 valence electrons. The molecule has 26 heavy (non-hydrogen) atoms. The molecule has 1 aliphatic heterocycles. The molecule has 0 atom stereocenters. The van der Waals surface area contributed by atoms with Crippen molar-refractivity contribution in [3.8, 4) is 0 Å². The zero-order valence-corrected chi connectivity index (χ0v) is 15.6. The van der Waals surface area contributed by atoms with Crippen molar-refractivity contribution in [2.24, 2.45) is 0 Å². The average Bonchev–Trinajstić information content (AvgIpc) is 2.95. The van der Waals surface area contributed by atoms with E-state index in [1.54, 1.807) is 20.8 Å². The monoisotopic (exact) mass is 362 g/mol. The van der Waals surface area contributed by atoms with Crippen LogP contribution in [0.15, 0.2) is 4.42 Å². The van der Waals surface area contributed by atoms with E-state index in [1.165, 1.54) is 0 Å². The van der Waals surface area contributed by atoms with Crippen molar-refractivity contribution in [1.29, 1.82) is 0 Å². The van der Waals surface area contributed by atoms with Crippen LogP contribution >= 0.6 is 0 Å². The van der Waals surface area contributed by atoms with E-state index in [1.807, 2.05) is 0 Å². The number of esters is 1. The number of nitrogens with zero attached hydrogens (tertiary/aromatic N) is 3. The highest BCUT2D eigenvalue weighted by Crippen LogP contribution is 2.30. The Bertz CT molecular complexity index is 768. The summed E-state index contributed by atoms with van der Waals surface area (Å²) in [5.74, 6) is 1.30. The van der Waals surface area contributed by atoms with E-state index < -0.39 is 5.97 Å². The van der Waals surface area contributed by atoms with E-state index >= 15 is 0 Å². The summed E-state index contributed by atoms with van der Waals surface area (Å²) in [4.78, 5) is 23.5. The fraction of sp³-hybridized carbons (Fsp3) is 0.611. The molecule has 1 saturated heterocycles. The number of aromatic nitrogens is 2. The topological polar surface area (TPSA) is 89.7 Å². The van der Waals surface area contributed by atoms with Gasteiger partial charge in [0, 0.05) is 19.6 Å². The number of morpholine rings is 1. The minimum Gasteiger partial charge on any atom is -0.462 e. The molecule has 1 fully saturated rings. The van der Waals surface area contributed by atoms with Crippen molar-refractivity contribution >= 4 is 22.9 Å². The Kier molecular flexibility index (Phi) is 6.05. The van der Waals surface area contributed by atoms with Crippen LogP contribution in [0.3, 0.4) is 0 Å². The Hall–Kier alpha value is -2.19. The highest BCUT2D eigenvalue weighted by atomic mass is 16.5. The van der Waals surface area contributed by atoms with Crippen molar-refractivity contribution in [2.45, 2.75) is 27.2 Å². The summed E-state index contributed by atoms with van der Waals surface area (Å²) in [6.45, 7) is 10.9. The second-order valence-corrected chi connectivity index (χ2v) is 6.29. The molecule has 0 amide bonds. The summed E-state index contributed by atoms with van der Waals surface area (Å²) in [6.07, 6.45) is 0.968. The molecule has 1 aliphatic rings. The summed E-state index contributed by atoms with van der Waals surface area (Å²) in [6, 6.07) is 0. The molecule has 0 aliphatic carbocycles. The van der Waals surface area contributed by atoms with E-state index in [-0.39, 0.29) is 0 Å². The van der Waals surface area contributed by atoms with Gasteiger partial charge < -0.3 is 19.2 Å². The number of hydrogen-bond donors (Lipinski definition) is 1. The molecule has 2 aromatic heterocycles. The van der Waals surface area contributed by atoms with Crippen LogP contribution in [-0.4, -0.2) is 66.8 Å². The van der Waals surface area contributed by atoms with E-state index in [2.05, 4.69) is 20.2 Å². The van der Waals surface area contributed by atoms with Gasteiger partial charge in [-0.2, -0.15) is 4.98 Å². The molecule has 0 saturated carbocycles. The molecule has 2 aromatic rings. The smallest absolute Gasteiger partial charge is 0.342 e. The standard InChI is InChI=1S/C18H26N4O4/c1-4-25-18(23)14-12(2)26-17-15(14)16(20-13(3)21-17)19-6-5-7-22-8-10-24-11-9-22/h4-11H2,1-3H3,(H,19,20,21). The second kappa shape index (κ2) is 8.46. The number of carbonyl (C=O) groups excluding carboxylic acids is 1. The molecular formula is C18H26N4O4. The van der Waals surface area contributed by atoms with Crippen LogP contribution in [0.25, 0.3) is 11.1 Å². The van der Waals surface area contributed by atoms with Crippen LogP contribution in [0.1, 0.15) is 35.3 Å². The average molecular weight is 362 g/mol. The third kappa shape index (κ3) is 4.13. The number of rotatable bonds is 7. The summed E-state index contributed by atoms with van der Waals surface area (Å²) >= 11 is 0. The number of anilines is 1. The molecule has 1 N–H and O–H groups in total. The molecule has 0 bridgehead atoms. The normalized spacial score (nSPS) is 15.3. The zero-order chi connectivity index (χ0) is 18.5. The molecule has 3 rings (SSSR count). The van der Waals surface area contributed by atoms with E-state index in [0.717, 1.165) is 45.8 Å². The fourth-order valence-corrected chi connectivity index (χ4v) is 3.13. The highest BCUT2D eigenvalue weighted by molar-refractivity contribution is 6.07. The van der Waals surface area contributed by atoms with Crippen LogP contribution in [0.5, 0.6) is 0 Å². The van der Waals surface area contributed by atoms with Crippen molar-refractivity contribution in [3.63, 3.8) is 0 Å². The van der Waals surface area contributed by atoms with Crippen molar-refractivity contribution in [1.82, 2.24) is 14.9 Å². The lowest BCUT2D eigenvalue weighted by Gasteiger charge is -2.26. The first kappa shape index (κ1) is 18.6. The Morgan fingerprint density at radius 2 is 2.04 bits per heavy atom. The molecule has 0 aromatic carbocycles. The lowest BCUT2D eigenvalue weighted by molar-refractivity contribution is 0.0378. The van der Waals surface area contributed by atoms with Gasteiger partial charge in [0.1, 0.15) is 23.0 Å². The lowest BCUT2D eigenvalue weighted by Crippen LogP contribution is -2.37. The van der Waals surface area contributed by atoms with Crippen molar-refractivity contribution in [3.05, 3.63) is 17.1 Å². The molecule has 8 nitrogen and oxygen atoms in total. The zero-order valence-electron chi connectivity index (χ0n) is 15.6. The first-order valence-corrected chi connectivity index (χ1v) is 9.09. The summed E-state index contributed by atoms with van der Waals surface area (Å²) in [5.41, 5.74) is 0.811. The minimum absolute atomic E-state index is 0.306. The van der Waals surface area contributed by atoms with Gasteiger partial charge in [0.05, 0.1) is 25.2 Å². The SMILES string of the molecule is CCOC(=O)c1c(C)oc2nc(C)nc(NCCCN3CCOCC3)c12. The van der Waals surface area contributed by atoms with E-state index in [9.17, 15) is 4.79 Å². The maximum absolute atomic E-state index is 12.3.